The van der Waals surface area contributed by atoms with E-state index in [1.807, 2.05) is 19.1 Å². The summed E-state index contributed by atoms with van der Waals surface area (Å²) in [4.78, 5) is 23.7. The second kappa shape index (κ2) is 7.99. The van der Waals surface area contributed by atoms with Crippen molar-refractivity contribution in [1.29, 1.82) is 0 Å². The first-order chi connectivity index (χ1) is 11.0. The van der Waals surface area contributed by atoms with Gasteiger partial charge in [0.05, 0.1) is 0 Å². The van der Waals surface area contributed by atoms with Crippen molar-refractivity contribution in [2.45, 2.75) is 13.3 Å². The van der Waals surface area contributed by atoms with Crippen LogP contribution in [0.25, 0.3) is 0 Å². The number of nitrogens with one attached hydrogen (secondary N) is 2. The first kappa shape index (κ1) is 17.3. The maximum atomic E-state index is 11.9. The lowest BCUT2D eigenvalue weighted by Gasteiger charge is -2.09. The van der Waals surface area contributed by atoms with Gasteiger partial charge in [-0.1, -0.05) is 47.5 Å². The van der Waals surface area contributed by atoms with Gasteiger partial charge in [0.1, 0.15) is 0 Å². The lowest BCUT2D eigenvalue weighted by atomic mass is 10.1. The molecular weight excluding hydrogens is 335 g/mol. The van der Waals surface area contributed by atoms with Crippen LogP contribution in [0, 0.1) is 6.92 Å². The van der Waals surface area contributed by atoms with Crippen LogP contribution >= 0.6 is 23.2 Å². The zero-order valence-electron chi connectivity index (χ0n) is 12.5. The number of hydrogen-bond acceptors (Lipinski definition) is 2. The summed E-state index contributed by atoms with van der Waals surface area (Å²) in [6.07, 6.45) is 0.513. The number of hydrogen-bond donors (Lipinski definition) is 2. The van der Waals surface area contributed by atoms with Crippen LogP contribution in [-0.4, -0.2) is 18.4 Å². The van der Waals surface area contributed by atoms with Crippen LogP contribution < -0.4 is 10.6 Å². The van der Waals surface area contributed by atoms with E-state index >= 15 is 0 Å². The molecule has 120 valence electrons. The number of halogens is 2. The van der Waals surface area contributed by atoms with Crippen molar-refractivity contribution in [3.8, 4) is 0 Å². The summed E-state index contributed by atoms with van der Waals surface area (Å²) in [7, 11) is 0. The predicted molar refractivity (Wildman–Crippen MR) is 93.0 cm³/mol. The van der Waals surface area contributed by atoms with Gasteiger partial charge in [0, 0.05) is 22.3 Å². The van der Waals surface area contributed by atoms with Gasteiger partial charge in [-0.25, -0.2) is 0 Å². The standard InChI is InChI=1S/C17H16Cl2N2O2/c1-11-4-2-3-5-15(11)21-17(23)16(22)20-9-8-12-6-7-13(18)10-14(12)19/h2-7,10H,8-9H2,1H3,(H,20,22)(H,21,23). The Balaban J connectivity index is 1.85. The molecule has 0 heterocycles. The lowest BCUT2D eigenvalue weighted by Crippen LogP contribution is -2.36. The molecule has 6 heteroatoms. The summed E-state index contributed by atoms with van der Waals surface area (Å²) in [5.41, 5.74) is 2.37. The summed E-state index contributed by atoms with van der Waals surface area (Å²) in [6.45, 7) is 2.16. The second-order valence-electron chi connectivity index (χ2n) is 5.01. The van der Waals surface area contributed by atoms with Crippen LogP contribution in [-0.2, 0) is 16.0 Å². The molecule has 0 fully saturated rings. The van der Waals surface area contributed by atoms with E-state index in [1.54, 1.807) is 30.3 Å². The molecule has 23 heavy (non-hydrogen) atoms. The topological polar surface area (TPSA) is 58.2 Å². The van der Waals surface area contributed by atoms with Gasteiger partial charge in [0.2, 0.25) is 0 Å². The molecule has 0 atom stereocenters. The van der Waals surface area contributed by atoms with Gasteiger partial charge in [-0.15, -0.1) is 0 Å². The van der Waals surface area contributed by atoms with Crippen molar-refractivity contribution in [2.24, 2.45) is 0 Å². The van der Waals surface area contributed by atoms with E-state index in [1.165, 1.54) is 0 Å². The van der Waals surface area contributed by atoms with Crippen LogP contribution in [0.4, 0.5) is 5.69 Å². The normalized spacial score (nSPS) is 10.2. The third-order valence-electron chi connectivity index (χ3n) is 3.29. The molecule has 0 radical (unpaired) electrons. The number of rotatable bonds is 4. The SMILES string of the molecule is Cc1ccccc1NC(=O)C(=O)NCCc1ccc(Cl)cc1Cl. The first-order valence-electron chi connectivity index (χ1n) is 7.06. The molecule has 0 aliphatic carbocycles. The number of benzene rings is 2. The zero-order valence-corrected chi connectivity index (χ0v) is 14.0. The molecule has 0 aliphatic rings. The number of carbonyl (C=O) groups excluding carboxylic acids is 2. The average molecular weight is 351 g/mol. The largest absolute Gasteiger partial charge is 0.347 e. The smallest absolute Gasteiger partial charge is 0.313 e. The highest BCUT2D eigenvalue weighted by molar-refractivity contribution is 6.39. The number of carbonyl (C=O) groups is 2. The van der Waals surface area contributed by atoms with Crippen LogP contribution in [0.3, 0.4) is 0 Å². The monoisotopic (exact) mass is 350 g/mol. The second-order valence-corrected chi connectivity index (χ2v) is 5.85. The van der Waals surface area contributed by atoms with Gasteiger partial charge in [-0.3, -0.25) is 9.59 Å². The molecule has 0 aromatic heterocycles. The molecule has 2 aromatic rings. The van der Waals surface area contributed by atoms with E-state index in [2.05, 4.69) is 10.6 Å². The van der Waals surface area contributed by atoms with E-state index in [9.17, 15) is 9.59 Å². The van der Waals surface area contributed by atoms with E-state index in [4.69, 9.17) is 23.2 Å². The Hall–Kier alpha value is -2.04. The number of anilines is 1. The summed E-state index contributed by atoms with van der Waals surface area (Å²) >= 11 is 11.9. The van der Waals surface area contributed by atoms with Crippen molar-refractivity contribution in [3.05, 3.63) is 63.6 Å². The minimum absolute atomic E-state index is 0.307. The predicted octanol–water partition coefficient (Wildman–Crippen LogP) is 3.60. The Morgan fingerprint density at radius 1 is 1.04 bits per heavy atom. The minimum atomic E-state index is -0.693. The van der Waals surface area contributed by atoms with Gasteiger partial charge in [0.15, 0.2) is 0 Å². The number of amides is 2. The molecule has 4 nitrogen and oxygen atoms in total. The third kappa shape index (κ3) is 4.98. The first-order valence-corrected chi connectivity index (χ1v) is 7.81. The highest BCUT2D eigenvalue weighted by atomic mass is 35.5. The van der Waals surface area contributed by atoms with E-state index in [0.29, 0.717) is 28.7 Å². The van der Waals surface area contributed by atoms with Crippen molar-refractivity contribution >= 4 is 40.7 Å². The summed E-state index contributed by atoms with van der Waals surface area (Å²) < 4.78 is 0. The summed E-state index contributed by atoms with van der Waals surface area (Å²) in [5, 5.41) is 6.25. The van der Waals surface area contributed by atoms with Gasteiger partial charge < -0.3 is 10.6 Å². The fourth-order valence-corrected chi connectivity index (χ4v) is 2.51. The van der Waals surface area contributed by atoms with Crippen LogP contribution in [0.15, 0.2) is 42.5 Å². The molecule has 0 saturated heterocycles. The molecule has 0 aliphatic heterocycles. The molecule has 2 aromatic carbocycles. The van der Waals surface area contributed by atoms with Crippen molar-refractivity contribution in [3.63, 3.8) is 0 Å². The molecule has 2 rings (SSSR count). The zero-order chi connectivity index (χ0) is 16.8. The number of aryl methyl sites for hydroxylation is 1. The summed E-state index contributed by atoms with van der Waals surface area (Å²) in [5.74, 6) is -1.38. The maximum Gasteiger partial charge on any atom is 0.313 e. The highest BCUT2D eigenvalue weighted by Crippen LogP contribution is 2.21. The van der Waals surface area contributed by atoms with E-state index in [0.717, 1.165) is 11.1 Å². The molecule has 2 N–H and O–H groups in total. The van der Waals surface area contributed by atoms with Crippen LogP contribution in [0.5, 0.6) is 0 Å². The molecule has 0 saturated carbocycles. The van der Waals surface area contributed by atoms with Gasteiger partial charge in [0.25, 0.3) is 0 Å². The Kier molecular flexibility index (Phi) is 6.02. The third-order valence-corrected chi connectivity index (χ3v) is 3.88. The van der Waals surface area contributed by atoms with E-state index in [-0.39, 0.29) is 0 Å². The van der Waals surface area contributed by atoms with Gasteiger partial charge in [-0.05, 0) is 42.7 Å². The van der Waals surface area contributed by atoms with Crippen molar-refractivity contribution < 1.29 is 9.59 Å². The highest BCUT2D eigenvalue weighted by Gasteiger charge is 2.14. The minimum Gasteiger partial charge on any atom is -0.347 e. The molecule has 2 amide bonds. The number of para-hydroxylation sites is 1. The van der Waals surface area contributed by atoms with Crippen molar-refractivity contribution in [2.75, 3.05) is 11.9 Å². The fourth-order valence-electron chi connectivity index (χ4n) is 2.01. The Morgan fingerprint density at radius 3 is 2.48 bits per heavy atom. The maximum absolute atomic E-state index is 11.9. The summed E-state index contributed by atoms with van der Waals surface area (Å²) in [6, 6.07) is 12.4. The molecule has 0 spiro atoms. The van der Waals surface area contributed by atoms with Gasteiger partial charge in [-0.2, -0.15) is 0 Å². The van der Waals surface area contributed by atoms with Gasteiger partial charge >= 0.3 is 11.8 Å². The lowest BCUT2D eigenvalue weighted by molar-refractivity contribution is -0.136. The van der Waals surface area contributed by atoms with Crippen molar-refractivity contribution in [1.82, 2.24) is 5.32 Å². The Bertz CT molecular complexity index is 732. The molecule has 0 bridgehead atoms. The quantitative estimate of drug-likeness (QED) is 0.827. The molecular formula is C17H16Cl2N2O2. The van der Waals surface area contributed by atoms with E-state index < -0.39 is 11.8 Å². The Morgan fingerprint density at radius 2 is 1.78 bits per heavy atom. The average Bonchev–Trinajstić information content (AvgIpc) is 2.51. The molecule has 0 unspecified atom stereocenters. The van der Waals surface area contributed by atoms with Crippen LogP contribution in [0.1, 0.15) is 11.1 Å². The fraction of sp³-hybridized carbons (Fsp3) is 0.176. The van der Waals surface area contributed by atoms with Crippen LogP contribution in [0.2, 0.25) is 10.0 Å². The Labute approximate surface area is 144 Å².